The van der Waals surface area contributed by atoms with E-state index in [1.54, 1.807) is 4.90 Å². The molecule has 0 aliphatic carbocycles. The Morgan fingerprint density at radius 3 is 2.36 bits per heavy atom. The van der Waals surface area contributed by atoms with E-state index in [1.165, 1.54) is 0 Å². The molecule has 4 heteroatoms. The number of fused-ring (bicyclic) bond motifs is 1. The van der Waals surface area contributed by atoms with Crippen molar-refractivity contribution in [3.05, 3.63) is 94.5 Å². The number of benzene rings is 3. The van der Waals surface area contributed by atoms with Crippen LogP contribution >= 0.6 is 11.6 Å². The van der Waals surface area contributed by atoms with Crippen LogP contribution in [0.15, 0.2) is 72.8 Å². The standard InChI is InChI=1S/C21H17ClN2O/c1-14-10-12-15(13-11-14)24-20(16-6-2-4-8-18(16)22)23-19-9-5-3-7-17(19)21(24)25/h2-13,20,23H,1H3/t20-/m1/s1. The van der Waals surface area contributed by atoms with Crippen LogP contribution in [0, 0.1) is 6.92 Å². The Morgan fingerprint density at radius 2 is 1.60 bits per heavy atom. The summed E-state index contributed by atoms with van der Waals surface area (Å²) in [6.07, 6.45) is -0.362. The van der Waals surface area contributed by atoms with Gasteiger partial charge in [-0.2, -0.15) is 0 Å². The van der Waals surface area contributed by atoms with Crippen molar-refractivity contribution in [3.63, 3.8) is 0 Å². The number of hydrogen-bond donors (Lipinski definition) is 1. The Hall–Kier alpha value is -2.78. The first-order chi connectivity index (χ1) is 12.1. The summed E-state index contributed by atoms with van der Waals surface area (Å²) in [5.41, 5.74) is 4.33. The van der Waals surface area contributed by atoms with Crippen molar-refractivity contribution in [3.8, 4) is 0 Å². The molecule has 1 atom stereocenters. The van der Waals surface area contributed by atoms with E-state index in [9.17, 15) is 4.79 Å². The zero-order valence-corrected chi connectivity index (χ0v) is 14.5. The van der Waals surface area contributed by atoms with Crippen molar-refractivity contribution in [2.45, 2.75) is 13.1 Å². The highest BCUT2D eigenvalue weighted by molar-refractivity contribution is 6.31. The van der Waals surface area contributed by atoms with E-state index in [0.29, 0.717) is 10.6 Å². The third kappa shape index (κ3) is 2.77. The van der Waals surface area contributed by atoms with Crippen LogP contribution in [0.25, 0.3) is 0 Å². The van der Waals surface area contributed by atoms with E-state index in [2.05, 4.69) is 5.32 Å². The summed E-state index contributed by atoms with van der Waals surface area (Å²) < 4.78 is 0. The van der Waals surface area contributed by atoms with Crippen LogP contribution in [0.3, 0.4) is 0 Å². The number of nitrogens with one attached hydrogen (secondary N) is 1. The minimum atomic E-state index is -0.362. The first-order valence-electron chi connectivity index (χ1n) is 8.15. The van der Waals surface area contributed by atoms with Gasteiger partial charge >= 0.3 is 0 Å². The maximum atomic E-state index is 13.2. The summed E-state index contributed by atoms with van der Waals surface area (Å²) in [6.45, 7) is 2.03. The molecule has 1 amide bonds. The molecule has 25 heavy (non-hydrogen) atoms. The van der Waals surface area contributed by atoms with Gasteiger partial charge in [-0.1, -0.05) is 59.6 Å². The highest BCUT2D eigenvalue weighted by atomic mass is 35.5. The number of amides is 1. The maximum Gasteiger partial charge on any atom is 0.262 e. The third-order valence-electron chi connectivity index (χ3n) is 4.44. The van der Waals surface area contributed by atoms with Crippen LogP contribution in [-0.4, -0.2) is 5.91 Å². The van der Waals surface area contributed by atoms with Gasteiger partial charge in [0, 0.05) is 22.0 Å². The average Bonchev–Trinajstić information content (AvgIpc) is 2.63. The molecule has 3 aromatic rings. The summed E-state index contributed by atoms with van der Waals surface area (Å²) in [4.78, 5) is 15.0. The number of carbonyl (C=O) groups is 1. The lowest BCUT2D eigenvalue weighted by atomic mass is 10.0. The largest absolute Gasteiger partial charge is 0.360 e. The Morgan fingerprint density at radius 1 is 0.920 bits per heavy atom. The van der Waals surface area contributed by atoms with Gasteiger partial charge < -0.3 is 5.32 Å². The van der Waals surface area contributed by atoms with Crippen molar-refractivity contribution in [2.24, 2.45) is 0 Å². The Kier molecular flexibility index (Phi) is 3.94. The minimum Gasteiger partial charge on any atom is -0.360 e. The van der Waals surface area contributed by atoms with Crippen LogP contribution in [-0.2, 0) is 0 Å². The van der Waals surface area contributed by atoms with Gasteiger partial charge in [0.15, 0.2) is 0 Å². The normalized spacial score (nSPS) is 16.3. The summed E-state index contributed by atoms with van der Waals surface area (Å²) >= 11 is 6.43. The van der Waals surface area contributed by atoms with Crippen LogP contribution in [0.5, 0.6) is 0 Å². The van der Waals surface area contributed by atoms with Crippen molar-refractivity contribution in [1.29, 1.82) is 0 Å². The molecule has 0 saturated carbocycles. The molecule has 0 radical (unpaired) electrons. The second-order valence-corrected chi connectivity index (χ2v) is 6.53. The molecule has 1 N–H and O–H groups in total. The number of halogens is 1. The molecule has 0 saturated heterocycles. The second kappa shape index (κ2) is 6.26. The van der Waals surface area contributed by atoms with E-state index < -0.39 is 0 Å². The van der Waals surface area contributed by atoms with E-state index in [-0.39, 0.29) is 12.1 Å². The molecule has 1 heterocycles. The molecule has 3 aromatic carbocycles. The van der Waals surface area contributed by atoms with E-state index in [1.807, 2.05) is 79.7 Å². The lowest BCUT2D eigenvalue weighted by molar-refractivity contribution is 0.0975. The number of rotatable bonds is 2. The van der Waals surface area contributed by atoms with Gasteiger partial charge in [-0.05, 0) is 37.3 Å². The Labute approximate surface area is 151 Å². The number of para-hydroxylation sites is 1. The fourth-order valence-corrected chi connectivity index (χ4v) is 3.38. The number of aryl methyl sites for hydroxylation is 1. The van der Waals surface area contributed by atoms with Gasteiger partial charge in [-0.25, -0.2) is 0 Å². The van der Waals surface area contributed by atoms with Crippen molar-refractivity contribution in [2.75, 3.05) is 10.2 Å². The van der Waals surface area contributed by atoms with Crippen molar-refractivity contribution < 1.29 is 4.79 Å². The molecule has 1 aliphatic heterocycles. The number of hydrogen-bond acceptors (Lipinski definition) is 2. The van der Waals surface area contributed by atoms with Crippen molar-refractivity contribution >= 4 is 28.9 Å². The smallest absolute Gasteiger partial charge is 0.262 e. The van der Waals surface area contributed by atoms with E-state index >= 15 is 0 Å². The fraction of sp³-hybridized carbons (Fsp3) is 0.0952. The molecule has 0 fully saturated rings. The molecular formula is C21H17ClN2O. The van der Waals surface area contributed by atoms with Gasteiger partial charge in [-0.15, -0.1) is 0 Å². The molecule has 0 unspecified atom stereocenters. The molecule has 0 spiro atoms. The van der Waals surface area contributed by atoms with Crippen molar-refractivity contribution in [1.82, 2.24) is 0 Å². The van der Waals surface area contributed by atoms with E-state index in [0.717, 1.165) is 22.5 Å². The van der Waals surface area contributed by atoms with E-state index in [4.69, 9.17) is 11.6 Å². The third-order valence-corrected chi connectivity index (χ3v) is 4.78. The lowest BCUT2D eigenvalue weighted by Crippen LogP contribution is -2.43. The highest BCUT2D eigenvalue weighted by Gasteiger charge is 2.34. The lowest BCUT2D eigenvalue weighted by Gasteiger charge is -2.38. The zero-order chi connectivity index (χ0) is 17.4. The zero-order valence-electron chi connectivity index (χ0n) is 13.7. The molecule has 3 nitrogen and oxygen atoms in total. The monoisotopic (exact) mass is 348 g/mol. The van der Waals surface area contributed by atoms with Gasteiger partial charge in [0.05, 0.1) is 5.56 Å². The van der Waals surface area contributed by atoms with Gasteiger partial charge in [-0.3, -0.25) is 9.69 Å². The van der Waals surface area contributed by atoms with Crippen LogP contribution < -0.4 is 10.2 Å². The molecular weight excluding hydrogens is 332 g/mol. The van der Waals surface area contributed by atoms with Crippen LogP contribution in [0.4, 0.5) is 11.4 Å². The van der Waals surface area contributed by atoms with Crippen LogP contribution in [0.1, 0.15) is 27.7 Å². The first kappa shape index (κ1) is 15.7. The summed E-state index contributed by atoms with van der Waals surface area (Å²) in [5.74, 6) is -0.0388. The Balaban J connectivity index is 1.89. The average molecular weight is 349 g/mol. The summed E-state index contributed by atoms with van der Waals surface area (Å²) in [6, 6.07) is 23.1. The topological polar surface area (TPSA) is 32.3 Å². The van der Waals surface area contributed by atoms with Gasteiger partial charge in [0.2, 0.25) is 0 Å². The maximum absolute atomic E-state index is 13.2. The summed E-state index contributed by atoms with van der Waals surface area (Å²) in [5, 5.41) is 4.10. The quantitative estimate of drug-likeness (QED) is 0.670. The van der Waals surface area contributed by atoms with Gasteiger partial charge in [0.25, 0.3) is 5.91 Å². The number of nitrogens with zero attached hydrogens (tertiary/aromatic N) is 1. The van der Waals surface area contributed by atoms with Crippen LogP contribution in [0.2, 0.25) is 5.02 Å². The predicted octanol–water partition coefficient (Wildman–Crippen LogP) is 5.42. The second-order valence-electron chi connectivity index (χ2n) is 6.12. The SMILES string of the molecule is Cc1ccc(N2C(=O)c3ccccc3N[C@H]2c2ccccc2Cl)cc1. The molecule has 4 rings (SSSR count). The first-order valence-corrected chi connectivity index (χ1v) is 8.53. The number of carbonyl (C=O) groups excluding carboxylic acids is 1. The minimum absolute atomic E-state index is 0.0388. The Bertz CT molecular complexity index is 937. The molecule has 124 valence electrons. The molecule has 1 aliphatic rings. The molecule has 0 aromatic heterocycles. The molecule has 0 bridgehead atoms. The van der Waals surface area contributed by atoms with Gasteiger partial charge in [0.1, 0.15) is 6.17 Å². The number of anilines is 2. The highest BCUT2D eigenvalue weighted by Crippen LogP contribution is 2.38. The fourth-order valence-electron chi connectivity index (χ4n) is 3.14. The summed E-state index contributed by atoms with van der Waals surface area (Å²) in [7, 11) is 0. The predicted molar refractivity (Wildman–Crippen MR) is 102 cm³/mol.